The van der Waals surface area contributed by atoms with Crippen LogP contribution in [0.5, 0.6) is 0 Å². The molecule has 0 unspecified atom stereocenters. The Morgan fingerprint density at radius 1 is 1.42 bits per heavy atom. The van der Waals surface area contributed by atoms with Crippen LogP contribution >= 0.6 is 12.6 Å². The molecule has 0 atom stereocenters. The van der Waals surface area contributed by atoms with Crippen LogP contribution < -0.4 is 0 Å². The Morgan fingerprint density at radius 2 is 2.00 bits per heavy atom. The first-order chi connectivity index (χ1) is 5.52. The van der Waals surface area contributed by atoms with Gasteiger partial charge in [-0.1, -0.05) is 0 Å². The average Bonchev–Trinajstić information content (AvgIpc) is 1.99. The van der Waals surface area contributed by atoms with E-state index in [0.29, 0.717) is 0 Å². The van der Waals surface area contributed by atoms with Crippen LogP contribution in [0, 0.1) is 18.7 Å². The van der Waals surface area contributed by atoms with Gasteiger partial charge in [0.2, 0.25) is 0 Å². The third kappa shape index (κ3) is 1.69. The Hall–Kier alpha value is -0.775. The predicted molar refractivity (Wildman–Crippen MR) is 46.9 cm³/mol. The zero-order chi connectivity index (χ0) is 9.30. The van der Waals surface area contributed by atoms with Crippen molar-refractivity contribution in [3.8, 4) is 0 Å². The maximum atomic E-state index is 12.6. The van der Waals surface area contributed by atoms with E-state index in [4.69, 9.17) is 0 Å². The van der Waals surface area contributed by atoms with E-state index in [1.54, 1.807) is 0 Å². The van der Waals surface area contributed by atoms with Crippen molar-refractivity contribution in [2.45, 2.75) is 6.92 Å². The van der Waals surface area contributed by atoms with E-state index >= 15 is 0 Å². The van der Waals surface area contributed by atoms with E-state index in [-0.39, 0.29) is 16.3 Å². The van der Waals surface area contributed by atoms with Gasteiger partial charge in [-0.05, 0) is 0 Å². The Labute approximate surface area is 74.5 Å². The fraction of sp³-hybridized carbons (Fsp3) is 0.167. The summed E-state index contributed by atoms with van der Waals surface area (Å²) in [5.41, 5.74) is -0.0484. The number of hydrogen-bond acceptors (Lipinski definition) is 3. The Balaban J connectivity index is 3.31. The first-order valence-electron chi connectivity index (χ1n) is 3.10. The van der Waals surface area contributed by atoms with Crippen LogP contribution in [0.1, 0.15) is 11.5 Å². The van der Waals surface area contributed by atoms with Crippen LogP contribution in [0.4, 0.5) is 8.78 Å². The molecule has 0 saturated heterocycles. The number of rotatable bonds is 1. The summed E-state index contributed by atoms with van der Waals surface area (Å²) in [4.78, 5) is 7.04. The van der Waals surface area contributed by atoms with Gasteiger partial charge in [0.05, 0.1) is 0 Å². The maximum absolute atomic E-state index is 12.6. The molecule has 0 radical (unpaired) electrons. The SMILES string of the molecule is B=C(S)c1nc(C)c(F)c(F)n1. The molecule has 12 heavy (non-hydrogen) atoms. The molecule has 1 heterocycles. The summed E-state index contributed by atoms with van der Waals surface area (Å²) in [5, 5.41) is 0. The fourth-order valence-corrected chi connectivity index (χ4v) is 0.753. The summed E-state index contributed by atoms with van der Waals surface area (Å²) >= 11 is 3.81. The zero-order valence-corrected chi connectivity index (χ0v) is 7.20. The van der Waals surface area contributed by atoms with Crippen molar-refractivity contribution in [3.05, 3.63) is 23.3 Å². The molecule has 0 N–H and O–H groups in total. The summed E-state index contributed by atoms with van der Waals surface area (Å²) in [6.07, 6.45) is 0. The minimum atomic E-state index is -1.17. The van der Waals surface area contributed by atoms with Crippen molar-refractivity contribution in [3.63, 3.8) is 0 Å². The molecule has 0 saturated carbocycles. The van der Waals surface area contributed by atoms with Gasteiger partial charge in [0, 0.05) is 0 Å². The molecule has 0 fully saturated rings. The van der Waals surface area contributed by atoms with Crippen molar-refractivity contribution in [2.75, 3.05) is 0 Å². The molecular weight excluding hydrogens is 181 g/mol. The molecule has 0 aliphatic carbocycles. The third-order valence-corrected chi connectivity index (χ3v) is 1.43. The summed E-state index contributed by atoms with van der Waals surface area (Å²) in [6, 6.07) is 0. The molecule has 0 spiro atoms. The van der Waals surface area contributed by atoms with Crippen molar-refractivity contribution in [2.24, 2.45) is 0 Å². The fourth-order valence-electron chi connectivity index (χ4n) is 0.653. The van der Waals surface area contributed by atoms with E-state index < -0.39 is 11.8 Å². The molecular formula is C6H5BF2N2S. The Bertz CT molecular complexity index is 319. The van der Waals surface area contributed by atoms with Gasteiger partial charge in [-0.2, -0.15) is 0 Å². The standard InChI is InChI=1S/C6H5BF2N2S/c1-2-3(8)5(9)11-6(10-2)4(7)12/h7,12H,1H3. The summed E-state index contributed by atoms with van der Waals surface area (Å²) in [6.45, 7) is 1.35. The molecule has 1 aromatic heterocycles. The van der Waals surface area contributed by atoms with Crippen LogP contribution in [0.25, 0.3) is 0 Å². The molecule has 62 valence electrons. The van der Waals surface area contributed by atoms with Crippen LogP contribution in [-0.4, -0.2) is 22.3 Å². The molecule has 0 amide bonds. The monoisotopic (exact) mass is 186 g/mol. The molecule has 0 aliphatic heterocycles. The van der Waals surface area contributed by atoms with Gasteiger partial charge in [-0.3, -0.25) is 0 Å². The van der Waals surface area contributed by atoms with Gasteiger partial charge >= 0.3 is 73.9 Å². The van der Waals surface area contributed by atoms with Crippen molar-refractivity contribution >= 4 is 24.9 Å². The van der Waals surface area contributed by atoms with Crippen LogP contribution in [0.3, 0.4) is 0 Å². The summed E-state index contributed by atoms with van der Waals surface area (Å²) in [7, 11) is 3.39. The van der Waals surface area contributed by atoms with Crippen molar-refractivity contribution in [1.82, 2.24) is 9.97 Å². The van der Waals surface area contributed by atoms with Gasteiger partial charge in [0.1, 0.15) is 0 Å². The first-order valence-corrected chi connectivity index (χ1v) is 3.55. The second kappa shape index (κ2) is 3.31. The van der Waals surface area contributed by atoms with E-state index in [9.17, 15) is 8.78 Å². The summed E-state index contributed by atoms with van der Waals surface area (Å²) in [5.74, 6) is -2.20. The molecule has 0 bridgehead atoms. The van der Waals surface area contributed by atoms with Crippen molar-refractivity contribution in [1.29, 1.82) is 0 Å². The molecule has 1 aromatic rings. The van der Waals surface area contributed by atoms with Crippen LogP contribution in [-0.2, 0) is 0 Å². The molecule has 1 rings (SSSR count). The van der Waals surface area contributed by atoms with Gasteiger partial charge in [0.25, 0.3) is 0 Å². The Kier molecular flexibility index (Phi) is 2.57. The zero-order valence-electron chi connectivity index (χ0n) is 6.30. The van der Waals surface area contributed by atoms with Crippen LogP contribution in [0.2, 0.25) is 0 Å². The molecule has 0 aromatic carbocycles. The van der Waals surface area contributed by atoms with Gasteiger partial charge in [0.15, 0.2) is 0 Å². The predicted octanol–water partition coefficient (Wildman–Crippen LogP) is 0.372. The van der Waals surface area contributed by atoms with Gasteiger partial charge < -0.3 is 0 Å². The third-order valence-electron chi connectivity index (χ3n) is 1.23. The van der Waals surface area contributed by atoms with Gasteiger partial charge in [-0.15, -0.1) is 0 Å². The Morgan fingerprint density at radius 3 is 2.42 bits per heavy atom. The molecule has 0 aliphatic rings. The normalized spacial score (nSPS) is 9.92. The first kappa shape index (κ1) is 9.31. The van der Waals surface area contributed by atoms with Crippen LogP contribution in [0.15, 0.2) is 0 Å². The average molecular weight is 186 g/mol. The number of aryl methyl sites for hydroxylation is 1. The second-order valence-electron chi connectivity index (χ2n) is 2.18. The van der Waals surface area contributed by atoms with E-state index in [2.05, 4.69) is 30.1 Å². The second-order valence-corrected chi connectivity index (χ2v) is 2.72. The van der Waals surface area contributed by atoms with Gasteiger partial charge in [-0.25, -0.2) is 0 Å². The number of aromatic nitrogens is 2. The number of halogens is 2. The van der Waals surface area contributed by atoms with Crippen molar-refractivity contribution < 1.29 is 8.78 Å². The molecule has 6 heteroatoms. The van der Waals surface area contributed by atoms with E-state index in [1.165, 1.54) is 6.92 Å². The molecule has 2 nitrogen and oxygen atoms in total. The topological polar surface area (TPSA) is 25.8 Å². The van der Waals surface area contributed by atoms with E-state index in [0.717, 1.165) is 0 Å². The number of nitrogens with zero attached hydrogens (tertiary/aromatic N) is 2. The van der Waals surface area contributed by atoms with E-state index in [1.807, 2.05) is 0 Å². The minimum absolute atomic E-state index is 0.00901. The number of thiol groups is 1. The number of hydrogen-bond donors (Lipinski definition) is 1. The quantitative estimate of drug-likeness (QED) is 0.389. The summed E-state index contributed by atoms with van der Waals surface area (Å²) < 4.78 is 25.2.